The maximum absolute atomic E-state index is 11.9. The molecule has 1 aliphatic rings. The van der Waals surface area contributed by atoms with Gasteiger partial charge in [-0.05, 0) is 26.4 Å². The van der Waals surface area contributed by atoms with Crippen molar-refractivity contribution in [2.24, 2.45) is 14.1 Å². The highest BCUT2D eigenvalue weighted by Crippen LogP contribution is 2.12. The molecule has 1 aromatic rings. The number of hydrogen-bond acceptors (Lipinski definition) is 4. The topological polar surface area (TPSA) is 59.3 Å². The Morgan fingerprint density at radius 3 is 2.74 bits per heavy atom. The normalized spacial score (nSPS) is 20.7. The van der Waals surface area contributed by atoms with Gasteiger partial charge in [0.05, 0.1) is 0 Å². The molecule has 1 unspecified atom stereocenters. The quantitative estimate of drug-likeness (QED) is 0.783. The van der Waals surface area contributed by atoms with Crippen LogP contribution < -0.4 is 16.6 Å². The van der Waals surface area contributed by atoms with Crippen molar-refractivity contribution < 1.29 is 0 Å². The molecule has 0 amide bonds. The fourth-order valence-electron chi connectivity index (χ4n) is 2.59. The summed E-state index contributed by atoms with van der Waals surface area (Å²) in [7, 11) is 5.20. The molecular weight excluding hydrogens is 244 g/mol. The van der Waals surface area contributed by atoms with E-state index in [0.29, 0.717) is 12.6 Å². The third kappa shape index (κ3) is 2.96. The molecule has 1 aromatic heterocycles. The van der Waals surface area contributed by atoms with Crippen LogP contribution in [-0.2, 0) is 20.6 Å². The van der Waals surface area contributed by atoms with Crippen LogP contribution in [0.1, 0.15) is 18.5 Å². The summed E-state index contributed by atoms with van der Waals surface area (Å²) < 4.78 is 2.69. The number of nitrogens with zero attached hydrogens (tertiary/aromatic N) is 3. The Kier molecular flexibility index (Phi) is 4.21. The number of rotatable bonds is 3. The zero-order valence-electron chi connectivity index (χ0n) is 11.8. The summed E-state index contributed by atoms with van der Waals surface area (Å²) in [4.78, 5) is 25.9. The first-order valence-corrected chi connectivity index (χ1v) is 6.68. The van der Waals surface area contributed by atoms with E-state index in [0.717, 1.165) is 29.8 Å². The molecule has 1 atom stereocenters. The molecular formula is C13H22N4O2. The van der Waals surface area contributed by atoms with E-state index in [4.69, 9.17) is 0 Å². The van der Waals surface area contributed by atoms with Crippen molar-refractivity contribution in [1.82, 2.24) is 19.4 Å². The van der Waals surface area contributed by atoms with E-state index in [1.54, 1.807) is 17.7 Å². The Hall–Kier alpha value is -1.40. The number of nitrogens with one attached hydrogen (secondary N) is 1. The van der Waals surface area contributed by atoms with Crippen molar-refractivity contribution in [2.45, 2.75) is 25.4 Å². The van der Waals surface area contributed by atoms with Crippen LogP contribution in [0.25, 0.3) is 0 Å². The summed E-state index contributed by atoms with van der Waals surface area (Å²) in [6, 6.07) is 2.06. The van der Waals surface area contributed by atoms with Gasteiger partial charge in [0, 0.05) is 45.0 Å². The van der Waals surface area contributed by atoms with Crippen LogP contribution in [0.4, 0.5) is 0 Å². The molecule has 6 heteroatoms. The molecule has 0 bridgehead atoms. The van der Waals surface area contributed by atoms with Crippen LogP contribution in [0, 0.1) is 0 Å². The fraction of sp³-hybridized carbons (Fsp3) is 0.692. The Morgan fingerprint density at radius 1 is 1.32 bits per heavy atom. The maximum atomic E-state index is 11.9. The zero-order valence-corrected chi connectivity index (χ0v) is 11.8. The summed E-state index contributed by atoms with van der Waals surface area (Å²) in [5.74, 6) is 0. The lowest BCUT2D eigenvalue weighted by Crippen LogP contribution is -2.45. The van der Waals surface area contributed by atoms with Gasteiger partial charge in [-0.2, -0.15) is 0 Å². The second-order valence-electron chi connectivity index (χ2n) is 5.24. The van der Waals surface area contributed by atoms with E-state index >= 15 is 0 Å². The first kappa shape index (κ1) is 14.0. The predicted molar refractivity (Wildman–Crippen MR) is 74.3 cm³/mol. The lowest BCUT2D eigenvalue weighted by Gasteiger charge is -2.32. The summed E-state index contributed by atoms with van der Waals surface area (Å²) in [6.07, 6.45) is 2.33. The minimum Gasteiger partial charge on any atom is -0.316 e. The molecule has 0 saturated carbocycles. The molecule has 19 heavy (non-hydrogen) atoms. The highest BCUT2D eigenvalue weighted by atomic mass is 16.2. The SMILES string of the molecule is CNC1CCCN(Cc2cc(=O)n(C)c(=O)n2C)C1. The van der Waals surface area contributed by atoms with Crippen molar-refractivity contribution in [3.63, 3.8) is 0 Å². The number of likely N-dealkylation sites (N-methyl/N-ethyl adjacent to an activating group) is 1. The summed E-state index contributed by atoms with van der Waals surface area (Å²) in [6.45, 7) is 2.63. The largest absolute Gasteiger partial charge is 0.330 e. The van der Waals surface area contributed by atoms with E-state index in [2.05, 4.69) is 10.2 Å². The van der Waals surface area contributed by atoms with Gasteiger partial charge in [0.15, 0.2) is 0 Å². The molecule has 0 radical (unpaired) electrons. The monoisotopic (exact) mass is 266 g/mol. The van der Waals surface area contributed by atoms with E-state index in [9.17, 15) is 9.59 Å². The molecule has 1 fully saturated rings. The Balaban J connectivity index is 2.20. The van der Waals surface area contributed by atoms with E-state index in [1.807, 2.05) is 7.05 Å². The van der Waals surface area contributed by atoms with Gasteiger partial charge in [-0.25, -0.2) is 4.79 Å². The van der Waals surface area contributed by atoms with Crippen molar-refractivity contribution in [2.75, 3.05) is 20.1 Å². The van der Waals surface area contributed by atoms with Gasteiger partial charge in [-0.1, -0.05) is 0 Å². The predicted octanol–water partition coefficient (Wildman–Crippen LogP) is -0.732. The average molecular weight is 266 g/mol. The molecule has 0 aromatic carbocycles. The van der Waals surface area contributed by atoms with Crippen LogP contribution in [-0.4, -0.2) is 40.2 Å². The van der Waals surface area contributed by atoms with Crippen LogP contribution >= 0.6 is 0 Å². The van der Waals surface area contributed by atoms with Crippen molar-refractivity contribution >= 4 is 0 Å². The molecule has 1 aliphatic heterocycles. The lowest BCUT2D eigenvalue weighted by molar-refractivity contribution is 0.183. The molecule has 106 valence electrons. The third-order valence-electron chi connectivity index (χ3n) is 3.92. The highest BCUT2D eigenvalue weighted by Gasteiger charge is 2.19. The number of hydrogen-bond donors (Lipinski definition) is 1. The van der Waals surface area contributed by atoms with Gasteiger partial charge < -0.3 is 5.32 Å². The second-order valence-corrected chi connectivity index (χ2v) is 5.24. The molecule has 0 aliphatic carbocycles. The van der Waals surface area contributed by atoms with E-state index in [1.165, 1.54) is 13.5 Å². The molecule has 2 rings (SSSR count). The molecule has 6 nitrogen and oxygen atoms in total. The second kappa shape index (κ2) is 5.71. The van der Waals surface area contributed by atoms with Crippen LogP contribution in [0.3, 0.4) is 0 Å². The minimum absolute atomic E-state index is 0.236. The third-order valence-corrected chi connectivity index (χ3v) is 3.92. The number of piperidine rings is 1. The van der Waals surface area contributed by atoms with Crippen molar-refractivity contribution in [3.05, 3.63) is 32.6 Å². The maximum Gasteiger partial charge on any atom is 0.330 e. The van der Waals surface area contributed by atoms with Gasteiger partial charge in [0.2, 0.25) is 0 Å². The first-order valence-electron chi connectivity index (χ1n) is 6.68. The Morgan fingerprint density at radius 2 is 2.05 bits per heavy atom. The van der Waals surface area contributed by atoms with E-state index in [-0.39, 0.29) is 11.2 Å². The Labute approximate surface area is 112 Å². The fourth-order valence-corrected chi connectivity index (χ4v) is 2.59. The number of likely N-dealkylation sites (tertiary alicyclic amines) is 1. The average Bonchev–Trinajstić information content (AvgIpc) is 2.42. The van der Waals surface area contributed by atoms with Gasteiger partial charge in [0.1, 0.15) is 0 Å². The highest BCUT2D eigenvalue weighted by molar-refractivity contribution is 5.02. The van der Waals surface area contributed by atoms with E-state index < -0.39 is 0 Å². The smallest absolute Gasteiger partial charge is 0.316 e. The molecule has 1 saturated heterocycles. The zero-order chi connectivity index (χ0) is 14.0. The van der Waals surface area contributed by atoms with Crippen LogP contribution in [0.2, 0.25) is 0 Å². The summed E-state index contributed by atoms with van der Waals surface area (Å²) in [5, 5.41) is 3.29. The van der Waals surface area contributed by atoms with Gasteiger partial charge >= 0.3 is 5.69 Å². The molecule has 1 N–H and O–H groups in total. The molecule has 2 heterocycles. The summed E-state index contributed by atoms with van der Waals surface area (Å²) >= 11 is 0. The lowest BCUT2D eigenvalue weighted by atomic mass is 10.1. The minimum atomic E-state index is -0.260. The first-order chi connectivity index (χ1) is 9.02. The summed E-state index contributed by atoms with van der Waals surface area (Å²) in [5.41, 5.74) is 0.287. The van der Waals surface area contributed by atoms with Gasteiger partial charge in [-0.3, -0.25) is 18.8 Å². The van der Waals surface area contributed by atoms with Gasteiger partial charge in [-0.15, -0.1) is 0 Å². The molecule has 0 spiro atoms. The van der Waals surface area contributed by atoms with Crippen LogP contribution in [0.15, 0.2) is 15.7 Å². The van der Waals surface area contributed by atoms with Crippen LogP contribution in [0.5, 0.6) is 0 Å². The van der Waals surface area contributed by atoms with Crippen molar-refractivity contribution in [1.29, 1.82) is 0 Å². The van der Waals surface area contributed by atoms with Crippen molar-refractivity contribution in [3.8, 4) is 0 Å². The standard InChI is InChI=1S/C13H22N4O2/c1-14-10-5-4-6-17(8-10)9-11-7-12(18)16(3)13(19)15(11)2/h7,10,14H,4-6,8-9H2,1-3H3. The van der Waals surface area contributed by atoms with Gasteiger partial charge in [0.25, 0.3) is 5.56 Å². The Bertz CT molecular complexity index is 561. The number of aromatic nitrogens is 2.